The summed E-state index contributed by atoms with van der Waals surface area (Å²) in [5.41, 5.74) is 13.6. The highest BCUT2D eigenvalue weighted by atomic mass is 16.6. The normalized spacial score (nSPS) is 40.9. The zero-order valence-corrected chi connectivity index (χ0v) is 39.4. The Morgan fingerprint density at radius 2 is 1.61 bits per heavy atom. The topological polar surface area (TPSA) is 238 Å². The molecule has 4 rings (SSSR count). The van der Waals surface area contributed by atoms with Crippen molar-refractivity contribution < 1.29 is 58.2 Å². The van der Waals surface area contributed by atoms with Gasteiger partial charge in [-0.25, -0.2) is 4.79 Å². The van der Waals surface area contributed by atoms with Crippen LogP contribution in [0, 0.1) is 29.6 Å². The third kappa shape index (κ3) is 13.8. The van der Waals surface area contributed by atoms with Crippen molar-refractivity contribution in [3.05, 3.63) is 47.6 Å². The van der Waals surface area contributed by atoms with Crippen molar-refractivity contribution in [3.8, 4) is 0 Å². The molecule has 3 fully saturated rings. The number of allylic oxidation sites excluding steroid dienone is 4. The number of esters is 1. The lowest BCUT2D eigenvalue weighted by Gasteiger charge is -2.42. The molecule has 1 aliphatic carbocycles. The third-order valence-corrected chi connectivity index (χ3v) is 14.2. The summed E-state index contributed by atoms with van der Waals surface area (Å²) in [6.45, 7) is 10.8. The number of aliphatic hydroxyl groups is 3. The molecule has 2 bridgehead atoms. The summed E-state index contributed by atoms with van der Waals surface area (Å²) in [6, 6.07) is -2.92. The number of Topliss-reactive ketones (excluding diaryl/α,β-unsaturated/α-hetero) is 3. The summed E-state index contributed by atoms with van der Waals surface area (Å²) >= 11 is 0. The van der Waals surface area contributed by atoms with Gasteiger partial charge in [0.1, 0.15) is 24.4 Å². The summed E-state index contributed by atoms with van der Waals surface area (Å²) in [5, 5.41) is 34.2. The van der Waals surface area contributed by atoms with Crippen LogP contribution >= 0.6 is 0 Å². The van der Waals surface area contributed by atoms with E-state index in [4.69, 9.17) is 30.4 Å². The number of cyclic esters (lactones) is 1. The quantitative estimate of drug-likeness (QED) is 0.148. The number of ketones is 3. The fourth-order valence-electron chi connectivity index (χ4n) is 9.73. The van der Waals surface area contributed by atoms with Gasteiger partial charge in [-0.05, 0) is 107 Å². The number of ether oxygens (including phenoxy) is 4. The van der Waals surface area contributed by atoms with Crippen LogP contribution in [0.5, 0.6) is 0 Å². The zero-order chi connectivity index (χ0) is 47.5. The van der Waals surface area contributed by atoms with E-state index in [0.717, 1.165) is 24.2 Å². The molecular formula is C49H77N3O12. The van der Waals surface area contributed by atoms with E-state index in [-0.39, 0.29) is 61.5 Å². The Hall–Kier alpha value is -3.41. The summed E-state index contributed by atoms with van der Waals surface area (Å²) in [4.78, 5) is 71.2. The Kier molecular flexibility index (Phi) is 20.3. The monoisotopic (exact) mass is 900 g/mol. The van der Waals surface area contributed by atoms with Gasteiger partial charge in [0, 0.05) is 51.5 Å². The van der Waals surface area contributed by atoms with E-state index < -0.39 is 89.7 Å². The molecule has 1 amide bonds. The smallest absolute Gasteiger partial charge is 0.329 e. The molecule has 64 heavy (non-hydrogen) atoms. The van der Waals surface area contributed by atoms with Gasteiger partial charge in [0.05, 0.1) is 24.4 Å². The maximum Gasteiger partial charge on any atom is 0.329 e. The average Bonchev–Trinajstić information content (AvgIpc) is 3.26. The molecule has 4 aliphatic rings. The number of methoxy groups -OCH3 is 2. The predicted molar refractivity (Wildman–Crippen MR) is 241 cm³/mol. The molecule has 0 aromatic heterocycles. The molecule has 360 valence electrons. The number of hydrogen-bond acceptors (Lipinski definition) is 14. The van der Waals surface area contributed by atoms with Crippen molar-refractivity contribution in [1.29, 1.82) is 0 Å². The van der Waals surface area contributed by atoms with Crippen molar-refractivity contribution in [2.24, 2.45) is 41.1 Å². The molecular weight excluding hydrogens is 823 g/mol. The zero-order valence-electron chi connectivity index (χ0n) is 39.4. The number of nitrogens with two attached hydrogens (primary N) is 2. The summed E-state index contributed by atoms with van der Waals surface area (Å²) in [5.74, 6) is -7.44. The fraction of sp³-hybridized carbons (Fsp3) is 0.735. The maximum absolute atomic E-state index is 14.3. The molecule has 15 atom stereocenters. The maximum atomic E-state index is 14.3. The van der Waals surface area contributed by atoms with E-state index in [0.29, 0.717) is 43.6 Å². The lowest BCUT2D eigenvalue weighted by atomic mass is 9.76. The number of hydrogen-bond donors (Lipinski definition) is 5. The highest BCUT2D eigenvalue weighted by Gasteiger charge is 2.53. The Morgan fingerprint density at radius 1 is 0.891 bits per heavy atom. The highest BCUT2D eigenvalue weighted by Crippen LogP contribution is 2.38. The second-order valence-electron chi connectivity index (χ2n) is 19.2. The molecule has 0 spiro atoms. The van der Waals surface area contributed by atoms with Crippen LogP contribution in [0.15, 0.2) is 47.6 Å². The highest BCUT2D eigenvalue weighted by molar-refractivity contribution is 6.39. The number of carbonyl (C=O) groups is 5. The number of amides is 1. The molecule has 0 aromatic carbocycles. The minimum absolute atomic E-state index is 0.0537. The van der Waals surface area contributed by atoms with Crippen LogP contribution in [0.4, 0.5) is 0 Å². The molecule has 1 saturated carbocycles. The van der Waals surface area contributed by atoms with Crippen LogP contribution in [-0.2, 0) is 42.9 Å². The Bertz CT molecular complexity index is 1750. The Labute approximate surface area is 380 Å². The number of rotatable bonds is 5. The lowest BCUT2D eigenvalue weighted by molar-refractivity contribution is -0.265. The molecule has 15 heteroatoms. The van der Waals surface area contributed by atoms with Crippen LogP contribution in [0.25, 0.3) is 0 Å². The van der Waals surface area contributed by atoms with E-state index in [1.54, 1.807) is 65.2 Å². The minimum Gasteiger partial charge on any atom is -0.460 e. The average molecular weight is 900 g/mol. The largest absolute Gasteiger partial charge is 0.460 e. The number of carbonyl (C=O) groups excluding carboxylic acids is 5. The van der Waals surface area contributed by atoms with Gasteiger partial charge in [-0.1, -0.05) is 64.2 Å². The van der Waals surface area contributed by atoms with Gasteiger partial charge < -0.3 is 50.6 Å². The second kappa shape index (κ2) is 24.4. The third-order valence-electron chi connectivity index (χ3n) is 14.2. The minimum atomic E-state index is -2.49. The molecule has 3 heterocycles. The van der Waals surface area contributed by atoms with Crippen LogP contribution < -0.4 is 11.5 Å². The summed E-state index contributed by atoms with van der Waals surface area (Å²) < 4.78 is 23.5. The van der Waals surface area contributed by atoms with Gasteiger partial charge in [0.25, 0.3) is 11.7 Å². The van der Waals surface area contributed by atoms with Gasteiger partial charge >= 0.3 is 5.97 Å². The van der Waals surface area contributed by atoms with Crippen molar-refractivity contribution >= 4 is 29.2 Å². The first-order chi connectivity index (χ1) is 30.2. The Balaban J connectivity index is 1.69. The molecule has 7 N–H and O–H groups in total. The summed E-state index contributed by atoms with van der Waals surface area (Å²) in [6.07, 6.45) is 10.1. The number of fused-ring (bicyclic) bond motifs is 3. The molecule has 0 radical (unpaired) electrons. The van der Waals surface area contributed by atoms with Gasteiger partial charge in [0.2, 0.25) is 5.79 Å². The van der Waals surface area contributed by atoms with Gasteiger partial charge in [-0.2, -0.15) is 0 Å². The van der Waals surface area contributed by atoms with E-state index in [1.807, 2.05) is 6.92 Å². The SMILES string of the molecule is CO[C@@H]1C[C@@H](C[C@H](C)[C@@H]2CC(=O)[C@H](N)/C=C(\C)[C@@H](O)[C@@H](OC)C(=O)[C@H](C)C[C@H](N)/C=C/C=C/C=C(\C)[C@@H](O)C[C@@H]3CC[C@@H](C)[C@@](O)(O3)C(=O)C(=O)N3CCCC[C@H]3C(=O)O2)CC[C@H]1C. The van der Waals surface area contributed by atoms with Crippen molar-refractivity contribution in [3.63, 3.8) is 0 Å². The first kappa shape index (κ1) is 53.2. The fourth-order valence-corrected chi connectivity index (χ4v) is 9.73. The number of aliphatic hydroxyl groups excluding tert-OH is 2. The van der Waals surface area contributed by atoms with Gasteiger partial charge in [-0.15, -0.1) is 0 Å². The van der Waals surface area contributed by atoms with Crippen LogP contribution in [0.1, 0.15) is 119 Å². The number of nitrogens with zero attached hydrogens (tertiary/aromatic N) is 1. The van der Waals surface area contributed by atoms with Crippen LogP contribution in [0.2, 0.25) is 0 Å². The van der Waals surface area contributed by atoms with Gasteiger partial charge in [-0.3, -0.25) is 19.2 Å². The standard InChI is InChI=1S/C49H77N3O12/c1-28-14-10-9-11-15-35(50)23-31(4)43(55)45(62-8)44(56)32(5)24-37(51)40(54)27-42(30(3)22-34-19-17-29(2)41(25-34)61-7)63-48(59)38-16-12-13-21-52(38)47(58)46(57)49(60)33(6)18-20-36(64-49)26-39(28)53/h9-11,14-15,24,29-31,33-39,41-42,44-45,53,56,60H,12-13,16-23,25-27,50-51H2,1-8H3/b10-9+,15-11+,28-14+,32-24+/t29-,30+,31-,33-,34-,35-,36+,37-,38+,39+,41-,42+,44-,45+,49-/m1/s1. The molecule has 3 aliphatic heterocycles. The van der Waals surface area contributed by atoms with Crippen molar-refractivity contribution in [2.45, 2.75) is 179 Å². The first-order valence-electron chi connectivity index (χ1n) is 23.4. The van der Waals surface area contributed by atoms with Crippen molar-refractivity contribution in [2.75, 3.05) is 20.8 Å². The van der Waals surface area contributed by atoms with Crippen LogP contribution in [-0.4, -0.2) is 131 Å². The van der Waals surface area contributed by atoms with E-state index in [1.165, 1.54) is 13.2 Å². The number of piperidine rings is 1. The van der Waals surface area contributed by atoms with Gasteiger partial charge in [0.15, 0.2) is 11.6 Å². The lowest BCUT2D eigenvalue weighted by Crippen LogP contribution is -2.61. The first-order valence-corrected chi connectivity index (χ1v) is 23.4. The predicted octanol–water partition coefficient (Wildman–Crippen LogP) is 4.18. The van der Waals surface area contributed by atoms with Crippen LogP contribution in [0.3, 0.4) is 0 Å². The van der Waals surface area contributed by atoms with Crippen molar-refractivity contribution in [1.82, 2.24) is 4.90 Å². The summed E-state index contributed by atoms with van der Waals surface area (Å²) in [7, 11) is 3.02. The second-order valence-corrected chi connectivity index (χ2v) is 19.2. The Morgan fingerprint density at radius 3 is 2.30 bits per heavy atom. The van der Waals surface area contributed by atoms with E-state index in [9.17, 15) is 39.3 Å². The molecule has 15 nitrogen and oxygen atoms in total. The molecule has 0 aromatic rings. The molecule has 2 saturated heterocycles. The molecule has 0 unspecified atom stereocenters. The van der Waals surface area contributed by atoms with E-state index in [2.05, 4.69) is 6.92 Å². The van der Waals surface area contributed by atoms with E-state index >= 15 is 0 Å².